The number of hydrogen-bond donors (Lipinski definition) is 3. The van der Waals surface area contributed by atoms with Crippen LogP contribution in [0.3, 0.4) is 0 Å². The number of nitrogens with two attached hydrogens (primary N) is 1. The molecule has 0 bridgehead atoms. The number of carbonyl (C=O) groups excluding carboxylic acids is 1. The first-order valence-corrected chi connectivity index (χ1v) is 6.22. The highest BCUT2D eigenvalue weighted by Crippen LogP contribution is 2.26. The SMILES string of the molecule is CCC(C)(C(=O)Nc1cccc(C)c1C)/C(N)=N/O. The van der Waals surface area contributed by atoms with E-state index in [1.165, 1.54) is 0 Å². The van der Waals surface area contributed by atoms with Crippen LogP contribution in [0, 0.1) is 19.3 Å². The van der Waals surface area contributed by atoms with Gasteiger partial charge in [0.15, 0.2) is 5.84 Å². The van der Waals surface area contributed by atoms with Crippen molar-refractivity contribution in [1.29, 1.82) is 0 Å². The van der Waals surface area contributed by atoms with Gasteiger partial charge in [0.05, 0.1) is 0 Å². The van der Waals surface area contributed by atoms with Crippen LogP contribution in [0.15, 0.2) is 23.4 Å². The summed E-state index contributed by atoms with van der Waals surface area (Å²) in [4.78, 5) is 12.3. The second-order valence-electron chi connectivity index (χ2n) is 4.87. The van der Waals surface area contributed by atoms with E-state index in [0.717, 1.165) is 16.8 Å². The van der Waals surface area contributed by atoms with Crippen molar-refractivity contribution in [2.24, 2.45) is 16.3 Å². The van der Waals surface area contributed by atoms with E-state index in [-0.39, 0.29) is 11.7 Å². The van der Waals surface area contributed by atoms with Crippen molar-refractivity contribution in [3.05, 3.63) is 29.3 Å². The maximum atomic E-state index is 12.3. The van der Waals surface area contributed by atoms with Crippen molar-refractivity contribution in [1.82, 2.24) is 0 Å². The summed E-state index contributed by atoms with van der Waals surface area (Å²) in [5.74, 6) is -0.364. The summed E-state index contributed by atoms with van der Waals surface area (Å²) >= 11 is 0. The molecular weight excluding hydrogens is 242 g/mol. The standard InChI is InChI=1S/C14H21N3O2/c1-5-14(4,12(15)17-19)13(18)16-11-8-6-7-9(2)10(11)3/h6-8,19H,5H2,1-4H3,(H2,15,17)(H,16,18). The van der Waals surface area contributed by atoms with Crippen LogP contribution in [-0.2, 0) is 4.79 Å². The molecule has 1 aromatic rings. The molecule has 4 N–H and O–H groups in total. The van der Waals surface area contributed by atoms with Crippen LogP contribution in [0.4, 0.5) is 5.69 Å². The van der Waals surface area contributed by atoms with Crippen molar-refractivity contribution in [3.63, 3.8) is 0 Å². The van der Waals surface area contributed by atoms with Crippen LogP contribution in [0.25, 0.3) is 0 Å². The molecule has 0 aliphatic carbocycles. The molecule has 0 spiro atoms. The second-order valence-corrected chi connectivity index (χ2v) is 4.87. The topological polar surface area (TPSA) is 87.7 Å². The zero-order valence-electron chi connectivity index (χ0n) is 11.8. The summed E-state index contributed by atoms with van der Waals surface area (Å²) < 4.78 is 0. The van der Waals surface area contributed by atoms with Gasteiger partial charge < -0.3 is 16.3 Å². The summed E-state index contributed by atoms with van der Waals surface area (Å²) in [6.45, 7) is 7.40. The van der Waals surface area contributed by atoms with E-state index in [2.05, 4.69) is 10.5 Å². The van der Waals surface area contributed by atoms with Gasteiger partial charge in [0.2, 0.25) is 5.91 Å². The van der Waals surface area contributed by atoms with E-state index >= 15 is 0 Å². The monoisotopic (exact) mass is 263 g/mol. The predicted molar refractivity (Wildman–Crippen MR) is 76.4 cm³/mol. The Kier molecular flexibility index (Phi) is 4.53. The van der Waals surface area contributed by atoms with Crippen LogP contribution >= 0.6 is 0 Å². The van der Waals surface area contributed by atoms with Crippen molar-refractivity contribution in [3.8, 4) is 0 Å². The summed E-state index contributed by atoms with van der Waals surface area (Å²) in [7, 11) is 0. The molecule has 0 fully saturated rings. The van der Waals surface area contributed by atoms with Crippen LogP contribution in [0.5, 0.6) is 0 Å². The molecule has 0 saturated heterocycles. The number of aryl methyl sites for hydroxylation is 1. The molecule has 0 aliphatic heterocycles. The lowest BCUT2D eigenvalue weighted by Crippen LogP contribution is -2.44. The Bertz CT molecular complexity index is 511. The minimum absolute atomic E-state index is 0.0854. The highest BCUT2D eigenvalue weighted by molar-refractivity contribution is 6.11. The second kappa shape index (κ2) is 5.73. The number of anilines is 1. The molecule has 19 heavy (non-hydrogen) atoms. The molecule has 0 radical (unpaired) electrons. The van der Waals surface area contributed by atoms with E-state index in [1.54, 1.807) is 6.92 Å². The number of rotatable bonds is 4. The quantitative estimate of drug-likeness (QED) is 0.337. The minimum atomic E-state index is -1.02. The zero-order valence-corrected chi connectivity index (χ0v) is 11.8. The van der Waals surface area contributed by atoms with Gasteiger partial charge in [0.25, 0.3) is 0 Å². The molecule has 104 valence electrons. The number of benzene rings is 1. The molecule has 0 heterocycles. The maximum absolute atomic E-state index is 12.3. The lowest BCUT2D eigenvalue weighted by atomic mass is 9.85. The van der Waals surface area contributed by atoms with Crippen molar-refractivity contribution >= 4 is 17.4 Å². The smallest absolute Gasteiger partial charge is 0.238 e. The number of amides is 1. The van der Waals surface area contributed by atoms with Gasteiger partial charge in [0, 0.05) is 5.69 Å². The normalized spacial score (nSPS) is 14.8. The Labute approximate surface area is 113 Å². The Hall–Kier alpha value is -2.04. The maximum Gasteiger partial charge on any atom is 0.238 e. The van der Waals surface area contributed by atoms with Gasteiger partial charge in [-0.1, -0.05) is 24.2 Å². The number of nitrogens with zero attached hydrogens (tertiary/aromatic N) is 1. The Morgan fingerprint density at radius 3 is 2.63 bits per heavy atom. The lowest BCUT2D eigenvalue weighted by molar-refractivity contribution is -0.121. The van der Waals surface area contributed by atoms with Crippen LogP contribution in [-0.4, -0.2) is 17.0 Å². The largest absolute Gasteiger partial charge is 0.409 e. The molecule has 1 atom stereocenters. The number of oxime groups is 1. The van der Waals surface area contributed by atoms with Crippen molar-refractivity contribution in [2.75, 3.05) is 5.32 Å². The van der Waals surface area contributed by atoms with E-state index in [0.29, 0.717) is 6.42 Å². The first kappa shape index (κ1) is 15.0. The van der Waals surface area contributed by atoms with Gasteiger partial charge in [-0.05, 0) is 44.4 Å². The highest BCUT2D eigenvalue weighted by atomic mass is 16.4. The van der Waals surface area contributed by atoms with Crippen LogP contribution < -0.4 is 11.1 Å². The Morgan fingerprint density at radius 2 is 2.11 bits per heavy atom. The molecule has 0 aromatic heterocycles. The number of amidine groups is 1. The van der Waals surface area contributed by atoms with Crippen LogP contribution in [0.2, 0.25) is 0 Å². The van der Waals surface area contributed by atoms with Gasteiger partial charge in [-0.25, -0.2) is 0 Å². The summed E-state index contributed by atoms with van der Waals surface area (Å²) in [6, 6.07) is 5.70. The lowest BCUT2D eigenvalue weighted by Gasteiger charge is -2.25. The molecule has 1 unspecified atom stereocenters. The first-order valence-electron chi connectivity index (χ1n) is 6.22. The van der Waals surface area contributed by atoms with Crippen LogP contribution in [0.1, 0.15) is 31.4 Å². The third-order valence-corrected chi connectivity index (χ3v) is 3.73. The van der Waals surface area contributed by atoms with Gasteiger partial charge in [-0.15, -0.1) is 0 Å². The van der Waals surface area contributed by atoms with Gasteiger partial charge in [-0.3, -0.25) is 4.79 Å². The zero-order chi connectivity index (χ0) is 14.6. The molecule has 0 saturated carbocycles. The fourth-order valence-corrected chi connectivity index (χ4v) is 1.72. The first-order chi connectivity index (χ1) is 8.86. The molecular formula is C14H21N3O2. The molecule has 1 aromatic carbocycles. The number of nitrogens with one attached hydrogen (secondary N) is 1. The number of carbonyl (C=O) groups is 1. The third-order valence-electron chi connectivity index (χ3n) is 3.73. The van der Waals surface area contributed by atoms with E-state index in [4.69, 9.17) is 10.9 Å². The average Bonchev–Trinajstić information content (AvgIpc) is 2.41. The van der Waals surface area contributed by atoms with Gasteiger partial charge in [0.1, 0.15) is 5.41 Å². The van der Waals surface area contributed by atoms with Gasteiger partial charge in [-0.2, -0.15) is 0 Å². The fourth-order valence-electron chi connectivity index (χ4n) is 1.72. The van der Waals surface area contributed by atoms with Crippen molar-refractivity contribution in [2.45, 2.75) is 34.1 Å². The summed E-state index contributed by atoms with van der Waals surface area (Å²) in [6.07, 6.45) is 0.444. The summed E-state index contributed by atoms with van der Waals surface area (Å²) in [5, 5.41) is 14.6. The Morgan fingerprint density at radius 1 is 1.47 bits per heavy atom. The predicted octanol–water partition coefficient (Wildman–Crippen LogP) is 2.40. The van der Waals surface area contributed by atoms with E-state index in [9.17, 15) is 4.79 Å². The molecule has 1 rings (SSSR count). The molecule has 5 nitrogen and oxygen atoms in total. The molecule has 1 amide bonds. The minimum Gasteiger partial charge on any atom is -0.409 e. The fraction of sp³-hybridized carbons (Fsp3) is 0.429. The Balaban J connectivity index is 3.05. The molecule has 5 heteroatoms. The van der Waals surface area contributed by atoms with Gasteiger partial charge >= 0.3 is 0 Å². The highest BCUT2D eigenvalue weighted by Gasteiger charge is 2.36. The van der Waals surface area contributed by atoms with Crippen molar-refractivity contribution < 1.29 is 10.0 Å². The van der Waals surface area contributed by atoms with E-state index in [1.807, 2.05) is 39.0 Å². The average molecular weight is 263 g/mol. The molecule has 0 aliphatic rings. The third kappa shape index (κ3) is 2.86. The summed E-state index contributed by atoms with van der Waals surface area (Å²) in [5.41, 5.74) is 7.45. The van der Waals surface area contributed by atoms with E-state index < -0.39 is 5.41 Å². The number of hydrogen-bond acceptors (Lipinski definition) is 3.